The van der Waals surface area contributed by atoms with Crippen LogP contribution in [0.15, 0.2) is 45.5 Å². The van der Waals surface area contributed by atoms with Crippen LogP contribution in [0.3, 0.4) is 0 Å². The monoisotopic (exact) mass is 276 g/mol. The Morgan fingerprint density at radius 1 is 1.28 bits per heavy atom. The Morgan fingerprint density at radius 2 is 2.17 bits per heavy atom. The van der Waals surface area contributed by atoms with Gasteiger partial charge in [-0.25, -0.2) is 4.39 Å². The average Bonchev–Trinajstić information content (AvgIpc) is 2.82. The van der Waals surface area contributed by atoms with E-state index < -0.39 is 0 Å². The highest BCUT2D eigenvalue weighted by Crippen LogP contribution is 2.37. The number of Topliss-reactive ketones (excluding diaryl/α,β-unsaturated/α-hetero) is 1. The van der Waals surface area contributed by atoms with Crippen LogP contribution in [0.25, 0.3) is 6.08 Å². The Morgan fingerprint density at radius 3 is 3.00 bits per heavy atom. The number of carbonyl (C=O) groups excluding carboxylic acids is 1. The molecule has 0 atom stereocenters. The van der Waals surface area contributed by atoms with E-state index in [-0.39, 0.29) is 11.6 Å². The zero-order chi connectivity index (χ0) is 12.5. The Labute approximate surface area is 112 Å². The van der Waals surface area contributed by atoms with Gasteiger partial charge in [0.1, 0.15) is 5.82 Å². The highest BCUT2D eigenvalue weighted by Gasteiger charge is 2.23. The summed E-state index contributed by atoms with van der Waals surface area (Å²) in [6.45, 7) is 0. The Bertz CT molecular complexity index is 643. The molecular weight excluding hydrogens is 267 g/mol. The van der Waals surface area contributed by atoms with Crippen molar-refractivity contribution in [3.8, 4) is 0 Å². The summed E-state index contributed by atoms with van der Waals surface area (Å²) in [5.41, 5.74) is 2.24. The second kappa shape index (κ2) is 4.71. The number of ketones is 1. The van der Waals surface area contributed by atoms with E-state index in [0.29, 0.717) is 5.75 Å². The summed E-state index contributed by atoms with van der Waals surface area (Å²) < 4.78 is 14.2. The molecule has 3 rings (SSSR count). The third-order valence-electron chi connectivity index (χ3n) is 2.71. The molecule has 0 spiro atoms. The van der Waals surface area contributed by atoms with Crippen molar-refractivity contribution >= 4 is 35.0 Å². The number of thiophene rings is 1. The Hall–Kier alpha value is -1.39. The van der Waals surface area contributed by atoms with Gasteiger partial charge in [-0.1, -0.05) is 12.1 Å². The topological polar surface area (TPSA) is 17.1 Å². The van der Waals surface area contributed by atoms with Gasteiger partial charge in [0.25, 0.3) is 0 Å². The molecule has 1 aliphatic heterocycles. The molecule has 0 unspecified atom stereocenters. The number of benzene rings is 1. The van der Waals surface area contributed by atoms with E-state index >= 15 is 0 Å². The van der Waals surface area contributed by atoms with Crippen LogP contribution in [-0.2, 0) is 0 Å². The van der Waals surface area contributed by atoms with Gasteiger partial charge in [-0.15, -0.1) is 23.1 Å². The molecule has 1 aliphatic rings. The number of fused-ring (bicyclic) bond motifs is 1. The van der Waals surface area contributed by atoms with Crippen molar-refractivity contribution in [2.45, 2.75) is 4.21 Å². The minimum atomic E-state index is -0.281. The van der Waals surface area contributed by atoms with Gasteiger partial charge in [-0.05, 0) is 35.2 Å². The summed E-state index contributed by atoms with van der Waals surface area (Å²) in [4.78, 5) is 12.2. The van der Waals surface area contributed by atoms with Gasteiger partial charge >= 0.3 is 0 Å². The molecule has 2 aromatic rings. The van der Waals surface area contributed by atoms with E-state index in [0.717, 1.165) is 20.9 Å². The van der Waals surface area contributed by atoms with E-state index in [9.17, 15) is 9.18 Å². The van der Waals surface area contributed by atoms with Crippen LogP contribution >= 0.6 is 23.1 Å². The van der Waals surface area contributed by atoms with Crippen molar-refractivity contribution in [3.63, 3.8) is 0 Å². The third kappa shape index (κ3) is 2.13. The van der Waals surface area contributed by atoms with Gasteiger partial charge in [0, 0.05) is 16.9 Å². The lowest BCUT2D eigenvalue weighted by molar-refractivity contribution is 0.103. The molecule has 2 heterocycles. The fourth-order valence-corrected chi connectivity index (χ4v) is 3.91. The minimum absolute atomic E-state index is 0.0641. The van der Waals surface area contributed by atoms with Crippen LogP contribution in [0.2, 0.25) is 0 Å². The van der Waals surface area contributed by atoms with Gasteiger partial charge in [0.2, 0.25) is 0 Å². The highest BCUT2D eigenvalue weighted by atomic mass is 32.2. The molecule has 0 saturated heterocycles. The molecular formula is C14H9FOS2. The zero-order valence-corrected chi connectivity index (χ0v) is 11.0. The van der Waals surface area contributed by atoms with Crippen LogP contribution in [0.5, 0.6) is 0 Å². The van der Waals surface area contributed by atoms with E-state index in [4.69, 9.17) is 0 Å². The first kappa shape index (κ1) is 11.7. The summed E-state index contributed by atoms with van der Waals surface area (Å²) in [5.74, 6) is 0.439. The van der Waals surface area contributed by atoms with Crippen LogP contribution in [0, 0.1) is 5.82 Å². The first-order valence-electron chi connectivity index (χ1n) is 5.45. The maximum Gasteiger partial charge on any atom is 0.191 e. The van der Waals surface area contributed by atoms with Crippen molar-refractivity contribution in [1.29, 1.82) is 0 Å². The molecule has 1 aromatic carbocycles. The fraction of sp³-hybridized carbons (Fsp3) is 0.0714. The van der Waals surface area contributed by atoms with Crippen LogP contribution in [0.1, 0.15) is 15.9 Å². The Balaban J connectivity index is 1.97. The predicted molar refractivity (Wildman–Crippen MR) is 73.8 cm³/mol. The lowest BCUT2D eigenvalue weighted by Gasteiger charge is -2.13. The van der Waals surface area contributed by atoms with Crippen molar-refractivity contribution in [2.24, 2.45) is 0 Å². The lowest BCUT2D eigenvalue weighted by atomic mass is 10.0. The van der Waals surface area contributed by atoms with E-state index in [1.807, 2.05) is 11.4 Å². The van der Waals surface area contributed by atoms with Gasteiger partial charge in [0.15, 0.2) is 5.78 Å². The quantitative estimate of drug-likeness (QED) is 0.724. The molecule has 4 heteroatoms. The minimum Gasteiger partial charge on any atom is -0.289 e. The Kier molecular flexibility index (Phi) is 3.06. The smallest absolute Gasteiger partial charge is 0.191 e. The fourth-order valence-electron chi connectivity index (χ4n) is 1.86. The lowest BCUT2D eigenvalue weighted by Crippen LogP contribution is -2.10. The third-order valence-corrected chi connectivity index (χ3v) is 5.00. The maximum absolute atomic E-state index is 13.1. The molecule has 18 heavy (non-hydrogen) atoms. The molecule has 0 fully saturated rings. The molecule has 0 saturated carbocycles. The highest BCUT2D eigenvalue weighted by molar-refractivity contribution is 8.01. The number of carbonyl (C=O) groups is 1. The predicted octanol–water partition coefficient (Wildman–Crippen LogP) is 4.26. The molecule has 90 valence electrons. The standard InChI is InChI=1S/C14H9FOS2/c15-11-3-1-2-9(7-11)6-10-8-18-14-12(13(10)16)4-5-17-14/h1-7H,8H2/b10-6-. The molecule has 1 aromatic heterocycles. The van der Waals surface area contributed by atoms with E-state index in [2.05, 4.69) is 0 Å². The molecule has 0 aliphatic carbocycles. The summed E-state index contributed by atoms with van der Waals surface area (Å²) >= 11 is 3.26. The first-order valence-corrected chi connectivity index (χ1v) is 7.32. The number of hydrogen-bond donors (Lipinski definition) is 0. The largest absolute Gasteiger partial charge is 0.289 e. The van der Waals surface area contributed by atoms with E-state index in [1.165, 1.54) is 12.1 Å². The van der Waals surface area contributed by atoms with Crippen LogP contribution in [0.4, 0.5) is 4.39 Å². The summed E-state index contributed by atoms with van der Waals surface area (Å²) in [7, 11) is 0. The van der Waals surface area contributed by atoms with Crippen molar-refractivity contribution in [2.75, 3.05) is 5.75 Å². The van der Waals surface area contributed by atoms with Crippen LogP contribution < -0.4 is 0 Å². The SMILES string of the molecule is O=C1/C(=C\c2cccc(F)c2)CSc2sccc21. The van der Waals surface area contributed by atoms with Crippen molar-refractivity contribution < 1.29 is 9.18 Å². The maximum atomic E-state index is 13.1. The van der Waals surface area contributed by atoms with Crippen LogP contribution in [-0.4, -0.2) is 11.5 Å². The molecule has 0 radical (unpaired) electrons. The normalized spacial score (nSPS) is 16.9. The van der Waals surface area contributed by atoms with Gasteiger partial charge < -0.3 is 0 Å². The number of halogens is 1. The zero-order valence-electron chi connectivity index (χ0n) is 9.35. The summed E-state index contributed by atoms with van der Waals surface area (Å²) in [5, 5.41) is 1.93. The number of thioether (sulfide) groups is 1. The first-order chi connectivity index (χ1) is 8.74. The molecule has 1 nitrogen and oxygen atoms in total. The molecule has 0 bridgehead atoms. The number of hydrogen-bond acceptors (Lipinski definition) is 3. The average molecular weight is 276 g/mol. The van der Waals surface area contributed by atoms with Crippen molar-refractivity contribution in [3.05, 3.63) is 58.2 Å². The van der Waals surface area contributed by atoms with E-state index in [1.54, 1.807) is 41.3 Å². The molecule has 0 N–H and O–H groups in total. The van der Waals surface area contributed by atoms with Gasteiger partial charge in [-0.2, -0.15) is 0 Å². The van der Waals surface area contributed by atoms with Gasteiger partial charge in [-0.3, -0.25) is 4.79 Å². The van der Waals surface area contributed by atoms with Gasteiger partial charge in [0.05, 0.1) is 4.21 Å². The number of rotatable bonds is 1. The van der Waals surface area contributed by atoms with Crippen molar-refractivity contribution in [1.82, 2.24) is 0 Å². The second-order valence-corrected chi connectivity index (χ2v) is 6.12. The molecule has 0 amide bonds. The summed E-state index contributed by atoms with van der Waals surface area (Å²) in [6.07, 6.45) is 1.78. The summed E-state index contributed by atoms with van der Waals surface area (Å²) in [6, 6.07) is 8.15. The second-order valence-electron chi connectivity index (χ2n) is 3.96.